The quantitative estimate of drug-likeness (QED) is 0.251. The number of nitro groups is 1. The summed E-state index contributed by atoms with van der Waals surface area (Å²) in [5.41, 5.74) is 2.43. The Morgan fingerprint density at radius 1 is 1.19 bits per heavy atom. The van der Waals surface area contributed by atoms with E-state index >= 15 is 0 Å². The van der Waals surface area contributed by atoms with E-state index < -0.39 is 16.9 Å². The van der Waals surface area contributed by atoms with Crippen molar-refractivity contribution in [2.45, 2.75) is 6.54 Å². The van der Waals surface area contributed by atoms with Crippen LogP contribution in [-0.2, 0) is 23.2 Å². The van der Waals surface area contributed by atoms with Gasteiger partial charge in [-0.1, -0.05) is 18.2 Å². The molecule has 168 valence electrons. The maximum absolute atomic E-state index is 11.0. The molecule has 1 aromatic heterocycles. The van der Waals surface area contributed by atoms with Crippen molar-refractivity contribution in [2.75, 3.05) is 12.4 Å². The number of nitrogens with zero attached hydrogens (tertiary/aromatic N) is 3. The lowest BCUT2D eigenvalue weighted by atomic mass is 10.1. The highest BCUT2D eigenvalue weighted by Crippen LogP contribution is 2.28. The minimum absolute atomic E-state index is 0.0365. The molecule has 0 aliphatic rings. The van der Waals surface area contributed by atoms with Crippen molar-refractivity contribution in [2.24, 2.45) is 7.05 Å². The molecule has 2 aromatic carbocycles. The van der Waals surface area contributed by atoms with Crippen LogP contribution in [0.25, 0.3) is 11.3 Å². The number of rotatable bonds is 6. The standard InChI is InChI=1S/C18H18N4O4.C2H2O4/c1-21-15(13-4-3-5-14(9-13)22(24)25)11-20-18(21)19-10-12-6-7-16(23)17(8-12)26-2;3-1(4)2(5)6/h3-9,11,23H,10H2,1-2H3,(H,19,20);(H,3,4)(H,5,6). The van der Waals surface area contributed by atoms with E-state index in [2.05, 4.69) is 10.3 Å². The molecule has 0 saturated heterocycles. The fourth-order valence-corrected chi connectivity index (χ4v) is 2.63. The normalized spacial score (nSPS) is 9.94. The van der Waals surface area contributed by atoms with Crippen LogP contribution in [0, 0.1) is 10.1 Å². The van der Waals surface area contributed by atoms with E-state index in [0.29, 0.717) is 23.8 Å². The van der Waals surface area contributed by atoms with Crippen LogP contribution in [-0.4, -0.2) is 48.8 Å². The highest BCUT2D eigenvalue weighted by Gasteiger charge is 2.12. The lowest BCUT2D eigenvalue weighted by Gasteiger charge is -2.10. The number of ether oxygens (including phenoxy) is 1. The average Bonchev–Trinajstić information content (AvgIpc) is 3.13. The number of aromatic nitrogens is 2. The van der Waals surface area contributed by atoms with Gasteiger partial charge in [-0.05, 0) is 17.7 Å². The fourth-order valence-electron chi connectivity index (χ4n) is 2.63. The minimum Gasteiger partial charge on any atom is -0.504 e. The Bertz CT molecular complexity index is 1130. The van der Waals surface area contributed by atoms with E-state index in [0.717, 1.165) is 11.3 Å². The van der Waals surface area contributed by atoms with E-state index in [1.165, 1.54) is 19.2 Å². The molecule has 12 heteroatoms. The third kappa shape index (κ3) is 5.95. The highest BCUT2D eigenvalue weighted by molar-refractivity contribution is 6.27. The summed E-state index contributed by atoms with van der Waals surface area (Å²) in [7, 11) is 3.33. The molecule has 0 amide bonds. The van der Waals surface area contributed by atoms with E-state index in [9.17, 15) is 15.2 Å². The van der Waals surface area contributed by atoms with Crippen LogP contribution in [0.2, 0.25) is 0 Å². The maximum atomic E-state index is 11.0. The summed E-state index contributed by atoms with van der Waals surface area (Å²) in [6.45, 7) is 0.482. The first-order valence-electron chi connectivity index (χ1n) is 8.96. The number of aromatic hydroxyl groups is 1. The molecule has 4 N–H and O–H groups in total. The monoisotopic (exact) mass is 444 g/mol. The lowest BCUT2D eigenvalue weighted by Crippen LogP contribution is -2.09. The number of carbonyl (C=O) groups is 2. The van der Waals surface area contributed by atoms with E-state index in [4.69, 9.17) is 24.5 Å². The Kier molecular flexibility index (Phi) is 7.71. The number of phenols is 1. The summed E-state index contributed by atoms with van der Waals surface area (Å²) >= 11 is 0. The number of benzene rings is 2. The van der Waals surface area contributed by atoms with Gasteiger partial charge in [0.05, 0.1) is 23.9 Å². The molecule has 0 aliphatic heterocycles. The second-order valence-electron chi connectivity index (χ2n) is 6.30. The van der Waals surface area contributed by atoms with Gasteiger partial charge in [-0.15, -0.1) is 0 Å². The van der Waals surface area contributed by atoms with Gasteiger partial charge in [0, 0.05) is 31.3 Å². The number of hydrogen-bond acceptors (Lipinski definition) is 8. The van der Waals surface area contributed by atoms with Crippen molar-refractivity contribution in [1.82, 2.24) is 9.55 Å². The van der Waals surface area contributed by atoms with Gasteiger partial charge in [0.15, 0.2) is 11.5 Å². The van der Waals surface area contributed by atoms with Gasteiger partial charge in [0.25, 0.3) is 5.69 Å². The number of imidazole rings is 1. The molecule has 0 atom stereocenters. The second-order valence-corrected chi connectivity index (χ2v) is 6.30. The number of phenolic OH excluding ortho intramolecular Hbond substituents is 1. The number of methoxy groups -OCH3 is 1. The zero-order valence-corrected chi connectivity index (χ0v) is 17.1. The number of hydrogen-bond donors (Lipinski definition) is 4. The van der Waals surface area contributed by atoms with Crippen molar-refractivity contribution in [3.05, 3.63) is 64.3 Å². The van der Waals surface area contributed by atoms with E-state index in [1.807, 2.05) is 11.6 Å². The number of anilines is 1. The van der Waals surface area contributed by atoms with Gasteiger partial charge in [0.1, 0.15) is 0 Å². The Morgan fingerprint density at radius 3 is 2.47 bits per heavy atom. The van der Waals surface area contributed by atoms with Crippen molar-refractivity contribution in [3.8, 4) is 22.8 Å². The zero-order chi connectivity index (χ0) is 23.8. The summed E-state index contributed by atoms with van der Waals surface area (Å²) in [6.07, 6.45) is 1.67. The molecular formula is C20H20N4O8. The van der Waals surface area contributed by atoms with Gasteiger partial charge in [-0.3, -0.25) is 10.1 Å². The van der Waals surface area contributed by atoms with Gasteiger partial charge >= 0.3 is 11.9 Å². The zero-order valence-electron chi connectivity index (χ0n) is 17.1. The van der Waals surface area contributed by atoms with Gasteiger partial charge in [0.2, 0.25) is 5.95 Å². The summed E-state index contributed by atoms with van der Waals surface area (Å²) in [5, 5.41) is 38.6. The number of carboxylic acids is 2. The maximum Gasteiger partial charge on any atom is 0.414 e. The summed E-state index contributed by atoms with van der Waals surface area (Å²) in [6, 6.07) is 11.5. The molecule has 3 rings (SSSR count). The van der Waals surface area contributed by atoms with Gasteiger partial charge in [-0.25, -0.2) is 14.6 Å². The number of aliphatic carboxylic acids is 2. The van der Waals surface area contributed by atoms with E-state index in [1.54, 1.807) is 36.5 Å². The van der Waals surface area contributed by atoms with Crippen LogP contribution in [0.1, 0.15) is 5.56 Å². The summed E-state index contributed by atoms with van der Waals surface area (Å²) in [5.74, 6) is -2.54. The topological polar surface area (TPSA) is 177 Å². The van der Waals surface area contributed by atoms with Crippen molar-refractivity contribution >= 4 is 23.6 Å². The lowest BCUT2D eigenvalue weighted by molar-refractivity contribution is -0.384. The van der Waals surface area contributed by atoms with Crippen molar-refractivity contribution in [1.29, 1.82) is 0 Å². The molecule has 0 fully saturated rings. The third-order valence-electron chi connectivity index (χ3n) is 4.22. The second kappa shape index (κ2) is 10.4. The summed E-state index contributed by atoms with van der Waals surface area (Å²) in [4.78, 5) is 33.1. The van der Waals surface area contributed by atoms with Crippen LogP contribution in [0.15, 0.2) is 48.7 Å². The first-order chi connectivity index (χ1) is 15.1. The van der Waals surface area contributed by atoms with Crippen LogP contribution in [0.3, 0.4) is 0 Å². The molecule has 1 heterocycles. The molecule has 0 bridgehead atoms. The molecular weight excluding hydrogens is 424 g/mol. The largest absolute Gasteiger partial charge is 0.504 e. The Balaban J connectivity index is 0.000000534. The first kappa shape index (κ1) is 23.7. The Labute approximate surface area is 181 Å². The highest BCUT2D eigenvalue weighted by atomic mass is 16.6. The Morgan fingerprint density at radius 2 is 1.88 bits per heavy atom. The molecule has 0 radical (unpaired) electrons. The number of nitrogens with one attached hydrogen (secondary N) is 1. The van der Waals surface area contributed by atoms with Crippen LogP contribution >= 0.6 is 0 Å². The van der Waals surface area contributed by atoms with Crippen LogP contribution < -0.4 is 10.1 Å². The molecule has 0 spiro atoms. The molecule has 32 heavy (non-hydrogen) atoms. The Hall–Kier alpha value is -4.61. The predicted octanol–water partition coefficient (Wildman–Crippen LogP) is 2.48. The summed E-state index contributed by atoms with van der Waals surface area (Å²) < 4.78 is 6.93. The van der Waals surface area contributed by atoms with Gasteiger partial charge in [-0.2, -0.15) is 0 Å². The minimum atomic E-state index is -1.82. The average molecular weight is 444 g/mol. The molecule has 0 aliphatic carbocycles. The van der Waals surface area contributed by atoms with E-state index in [-0.39, 0.29) is 11.4 Å². The molecule has 12 nitrogen and oxygen atoms in total. The molecule has 0 saturated carbocycles. The molecule has 0 unspecified atom stereocenters. The number of nitro benzene ring substituents is 1. The smallest absolute Gasteiger partial charge is 0.414 e. The molecule has 3 aromatic rings. The van der Waals surface area contributed by atoms with Crippen molar-refractivity contribution < 1.29 is 34.6 Å². The number of non-ortho nitro benzene ring substituents is 1. The van der Waals surface area contributed by atoms with Gasteiger partial charge < -0.3 is 29.9 Å². The fraction of sp³-hybridized carbons (Fsp3) is 0.150. The first-order valence-corrected chi connectivity index (χ1v) is 8.96. The predicted molar refractivity (Wildman–Crippen MR) is 113 cm³/mol. The third-order valence-corrected chi connectivity index (χ3v) is 4.22. The van der Waals surface area contributed by atoms with Crippen LogP contribution in [0.4, 0.5) is 11.6 Å². The van der Waals surface area contributed by atoms with Crippen LogP contribution in [0.5, 0.6) is 11.5 Å². The SMILES string of the molecule is COc1cc(CNc2ncc(-c3cccc([N+](=O)[O-])c3)n2C)ccc1O.O=C(O)C(=O)O. The van der Waals surface area contributed by atoms with Crippen molar-refractivity contribution in [3.63, 3.8) is 0 Å². The number of carboxylic acid groups (broad SMARTS) is 2.